The highest BCUT2D eigenvalue weighted by molar-refractivity contribution is 7.92. The summed E-state index contributed by atoms with van der Waals surface area (Å²) in [6.07, 6.45) is 1.19. The van der Waals surface area contributed by atoms with Crippen molar-refractivity contribution in [3.05, 3.63) is 96.5 Å². The van der Waals surface area contributed by atoms with E-state index in [1.54, 1.807) is 0 Å². The van der Waals surface area contributed by atoms with Crippen molar-refractivity contribution in [3.63, 3.8) is 0 Å². The number of sulfonamides is 1. The lowest BCUT2D eigenvalue weighted by Gasteiger charge is -2.09. The number of nitrogens with one attached hydrogen (secondary N) is 2. The largest absolute Gasteiger partial charge is 0.295 e. The molecule has 0 bridgehead atoms. The van der Waals surface area contributed by atoms with E-state index >= 15 is 0 Å². The molecule has 3 aromatic carbocycles. The number of hydrogen-bond donors (Lipinski definition) is 2. The highest BCUT2D eigenvalue weighted by Gasteiger charge is 2.21. The Morgan fingerprint density at radius 1 is 0.879 bits per heavy atom. The Kier molecular flexibility index (Phi) is 7.11. The molecule has 0 spiro atoms. The van der Waals surface area contributed by atoms with Gasteiger partial charge in [0.15, 0.2) is 0 Å². The number of nitro groups is 2. The third-order valence-corrected chi connectivity index (χ3v) is 6.09. The number of anilines is 2. The summed E-state index contributed by atoms with van der Waals surface area (Å²) in [6.45, 7) is 0. The van der Waals surface area contributed by atoms with Gasteiger partial charge in [0.05, 0.1) is 21.0 Å². The number of nitrogens with zero attached hydrogens (tertiary/aromatic N) is 3. The zero-order valence-electron chi connectivity index (χ0n) is 16.3. The van der Waals surface area contributed by atoms with Gasteiger partial charge < -0.3 is 0 Å². The van der Waals surface area contributed by atoms with Crippen LogP contribution in [-0.2, 0) is 10.0 Å². The molecule has 2 N–H and O–H groups in total. The average Bonchev–Trinajstić information content (AvgIpc) is 2.76. The molecule has 3 rings (SSSR count). The number of rotatable bonds is 8. The second-order valence-electron chi connectivity index (χ2n) is 6.39. The van der Waals surface area contributed by atoms with Crippen LogP contribution in [0.2, 0.25) is 10.0 Å². The van der Waals surface area contributed by atoms with E-state index in [1.807, 2.05) is 0 Å². The van der Waals surface area contributed by atoms with E-state index < -0.39 is 25.6 Å². The molecular formula is C19H13Cl2N5O6S. The molecule has 0 aromatic heterocycles. The average molecular weight is 510 g/mol. The van der Waals surface area contributed by atoms with Crippen LogP contribution in [0.5, 0.6) is 0 Å². The number of hydrazone groups is 1. The predicted molar refractivity (Wildman–Crippen MR) is 125 cm³/mol. The van der Waals surface area contributed by atoms with Crippen LogP contribution in [0.4, 0.5) is 22.7 Å². The lowest BCUT2D eigenvalue weighted by Crippen LogP contribution is -2.13. The highest BCUT2D eigenvalue weighted by atomic mass is 35.5. The molecule has 11 nitrogen and oxygen atoms in total. The molecule has 0 aliphatic rings. The van der Waals surface area contributed by atoms with Crippen molar-refractivity contribution in [3.8, 4) is 0 Å². The molecule has 0 heterocycles. The number of nitro benzene ring substituents is 2. The van der Waals surface area contributed by atoms with Crippen LogP contribution in [0.25, 0.3) is 0 Å². The first-order valence-corrected chi connectivity index (χ1v) is 11.1. The summed E-state index contributed by atoms with van der Waals surface area (Å²) in [6, 6.07) is 13.0. The fourth-order valence-electron chi connectivity index (χ4n) is 2.58. The Bertz CT molecular complexity index is 1360. The van der Waals surface area contributed by atoms with E-state index in [-0.39, 0.29) is 27.0 Å². The predicted octanol–water partition coefficient (Wildman–Crippen LogP) is 5.06. The normalized spacial score (nSPS) is 11.3. The standard InChI is InChI=1S/C19H13Cl2N5O6S/c20-13-2-4-14(5-3-13)24-33(31,32)15-6-8-17(19(10-15)26(29)30)23-22-11-12-1-7-16(21)18(9-12)25(27)28/h1-11,23-24H/b22-11-. The first-order chi connectivity index (χ1) is 15.6. The van der Waals surface area contributed by atoms with Crippen molar-refractivity contribution >= 4 is 62.2 Å². The molecule has 0 saturated carbocycles. The van der Waals surface area contributed by atoms with Crippen molar-refractivity contribution in [2.45, 2.75) is 4.90 Å². The summed E-state index contributed by atoms with van der Waals surface area (Å²) in [5.41, 5.74) is 2.01. The Labute approximate surface area is 197 Å². The summed E-state index contributed by atoms with van der Waals surface area (Å²) < 4.78 is 27.5. The fourth-order valence-corrected chi connectivity index (χ4v) is 3.97. The van der Waals surface area contributed by atoms with Crippen molar-refractivity contribution in [2.75, 3.05) is 10.1 Å². The van der Waals surface area contributed by atoms with Gasteiger partial charge in [-0.1, -0.05) is 29.3 Å². The molecular weight excluding hydrogens is 497 g/mol. The second kappa shape index (κ2) is 9.81. The van der Waals surface area contributed by atoms with Crippen LogP contribution >= 0.6 is 23.2 Å². The number of halogens is 2. The summed E-state index contributed by atoms with van der Waals surface area (Å²) in [7, 11) is -4.12. The molecule has 33 heavy (non-hydrogen) atoms. The monoisotopic (exact) mass is 509 g/mol. The Morgan fingerprint density at radius 2 is 1.55 bits per heavy atom. The summed E-state index contributed by atoms with van der Waals surface area (Å²) in [5, 5.41) is 26.6. The molecule has 0 aliphatic carbocycles. The van der Waals surface area contributed by atoms with Crippen LogP contribution in [0.15, 0.2) is 70.7 Å². The van der Waals surface area contributed by atoms with E-state index in [0.29, 0.717) is 10.6 Å². The SMILES string of the molecule is O=[N+]([O-])c1cc(/C=N\Nc2ccc(S(=O)(=O)Nc3ccc(Cl)cc3)cc2[N+](=O)[O-])ccc1Cl. The summed E-state index contributed by atoms with van der Waals surface area (Å²) >= 11 is 11.5. The van der Waals surface area contributed by atoms with E-state index in [2.05, 4.69) is 15.2 Å². The lowest BCUT2D eigenvalue weighted by molar-refractivity contribution is -0.384. The number of benzene rings is 3. The van der Waals surface area contributed by atoms with Crippen LogP contribution < -0.4 is 10.1 Å². The molecule has 0 amide bonds. The Hall–Kier alpha value is -3.74. The first kappa shape index (κ1) is 23.9. The van der Waals surface area contributed by atoms with Crippen molar-refractivity contribution in [1.82, 2.24) is 0 Å². The molecule has 0 fully saturated rings. The van der Waals surface area contributed by atoms with E-state index in [0.717, 1.165) is 12.1 Å². The zero-order valence-corrected chi connectivity index (χ0v) is 18.6. The van der Waals surface area contributed by atoms with Crippen LogP contribution in [0.3, 0.4) is 0 Å². The Morgan fingerprint density at radius 3 is 2.18 bits per heavy atom. The van der Waals surface area contributed by atoms with Gasteiger partial charge in [-0.25, -0.2) is 8.42 Å². The first-order valence-electron chi connectivity index (χ1n) is 8.86. The molecule has 14 heteroatoms. The van der Waals surface area contributed by atoms with Gasteiger partial charge in [-0.15, -0.1) is 0 Å². The molecule has 0 atom stereocenters. The number of hydrogen-bond acceptors (Lipinski definition) is 8. The summed E-state index contributed by atoms with van der Waals surface area (Å²) in [5.74, 6) is 0. The molecule has 170 valence electrons. The molecule has 0 radical (unpaired) electrons. The van der Waals surface area contributed by atoms with Gasteiger partial charge in [0.25, 0.3) is 21.4 Å². The Balaban J connectivity index is 1.83. The molecule has 0 unspecified atom stereocenters. The van der Waals surface area contributed by atoms with Gasteiger partial charge >= 0.3 is 0 Å². The quantitative estimate of drug-likeness (QED) is 0.244. The highest BCUT2D eigenvalue weighted by Crippen LogP contribution is 2.29. The zero-order chi connectivity index (χ0) is 24.2. The maximum atomic E-state index is 12.6. The van der Waals surface area contributed by atoms with E-state index in [1.165, 1.54) is 54.7 Å². The third kappa shape index (κ3) is 5.94. The van der Waals surface area contributed by atoms with Gasteiger partial charge in [0.2, 0.25) is 0 Å². The van der Waals surface area contributed by atoms with Crippen LogP contribution in [0, 0.1) is 20.2 Å². The minimum atomic E-state index is -4.12. The maximum absolute atomic E-state index is 12.6. The minimum absolute atomic E-state index is 0.0512. The minimum Gasteiger partial charge on any atom is -0.280 e. The lowest BCUT2D eigenvalue weighted by atomic mass is 10.2. The fraction of sp³-hybridized carbons (Fsp3) is 0. The van der Waals surface area contributed by atoms with Gasteiger partial charge in [-0.05, 0) is 42.5 Å². The smallest absolute Gasteiger partial charge is 0.280 e. The molecule has 0 aliphatic heterocycles. The maximum Gasteiger partial charge on any atom is 0.295 e. The van der Waals surface area contributed by atoms with E-state index in [4.69, 9.17) is 23.2 Å². The molecule has 0 saturated heterocycles. The van der Waals surface area contributed by atoms with Crippen molar-refractivity contribution < 1.29 is 18.3 Å². The van der Waals surface area contributed by atoms with Gasteiger partial charge in [-0.3, -0.25) is 30.4 Å². The topological polar surface area (TPSA) is 157 Å². The summed E-state index contributed by atoms with van der Waals surface area (Å²) in [4.78, 5) is 20.7. The van der Waals surface area contributed by atoms with Gasteiger partial charge in [0, 0.05) is 28.4 Å². The molecule has 3 aromatic rings. The van der Waals surface area contributed by atoms with Gasteiger partial charge in [0.1, 0.15) is 10.7 Å². The third-order valence-electron chi connectivity index (χ3n) is 4.14. The van der Waals surface area contributed by atoms with Crippen molar-refractivity contribution in [2.24, 2.45) is 5.10 Å². The van der Waals surface area contributed by atoms with Gasteiger partial charge in [-0.2, -0.15) is 5.10 Å². The van der Waals surface area contributed by atoms with E-state index in [9.17, 15) is 28.6 Å². The van der Waals surface area contributed by atoms with Crippen molar-refractivity contribution in [1.29, 1.82) is 0 Å². The van der Waals surface area contributed by atoms with Crippen LogP contribution in [-0.4, -0.2) is 24.5 Å². The second-order valence-corrected chi connectivity index (χ2v) is 8.91. The van der Waals surface area contributed by atoms with Crippen LogP contribution in [0.1, 0.15) is 5.56 Å².